The monoisotopic (exact) mass is 543 g/mol. The maximum Gasteiger partial charge on any atom is 0.271 e. The van der Waals surface area contributed by atoms with Gasteiger partial charge in [0.05, 0.1) is 18.2 Å². The predicted octanol–water partition coefficient (Wildman–Crippen LogP) is 3.90. The van der Waals surface area contributed by atoms with Crippen molar-refractivity contribution >= 4 is 33.0 Å². The van der Waals surface area contributed by atoms with E-state index in [2.05, 4.69) is 21.8 Å². The lowest BCUT2D eigenvalue weighted by molar-refractivity contribution is 0.0341. The summed E-state index contributed by atoms with van der Waals surface area (Å²) in [7, 11) is -1.74. The molecule has 198 valence electrons. The van der Waals surface area contributed by atoms with Crippen LogP contribution in [0.25, 0.3) is 0 Å². The molecule has 2 heterocycles. The topological polar surface area (TPSA) is 99.2 Å². The van der Waals surface area contributed by atoms with Crippen LogP contribution in [-0.2, 0) is 16.6 Å². The number of hydrogen-bond acceptors (Lipinski definition) is 7. The Morgan fingerprint density at radius 2 is 1.95 bits per heavy atom. The molecule has 1 amide bonds. The van der Waals surface area contributed by atoms with Crippen molar-refractivity contribution in [1.82, 2.24) is 9.80 Å². The Kier molecular flexibility index (Phi) is 8.53. The van der Waals surface area contributed by atoms with Crippen LogP contribution in [0.4, 0.5) is 5.69 Å². The van der Waals surface area contributed by atoms with E-state index in [0.717, 1.165) is 17.9 Å². The van der Waals surface area contributed by atoms with Gasteiger partial charge in [-0.1, -0.05) is 43.3 Å². The van der Waals surface area contributed by atoms with E-state index in [1.165, 1.54) is 17.7 Å². The first-order chi connectivity index (χ1) is 17.7. The number of thiophene rings is 1. The van der Waals surface area contributed by atoms with Crippen molar-refractivity contribution < 1.29 is 23.1 Å². The number of nitrogens with zero attached hydrogens (tertiary/aromatic N) is 2. The zero-order valence-electron chi connectivity index (χ0n) is 21.2. The van der Waals surface area contributed by atoms with Gasteiger partial charge in [0.25, 0.3) is 15.9 Å². The Balaban J connectivity index is 1.63. The number of benzene rings is 2. The quantitative estimate of drug-likeness (QED) is 0.425. The molecule has 0 unspecified atom stereocenters. The Labute approximate surface area is 222 Å². The van der Waals surface area contributed by atoms with Crippen molar-refractivity contribution in [3.05, 3.63) is 77.2 Å². The first-order valence-corrected chi connectivity index (χ1v) is 14.6. The predicted molar refractivity (Wildman–Crippen MR) is 146 cm³/mol. The molecule has 3 atom stereocenters. The third-order valence-electron chi connectivity index (χ3n) is 6.46. The van der Waals surface area contributed by atoms with Crippen LogP contribution in [-0.4, -0.2) is 68.1 Å². The first kappa shape index (κ1) is 27.1. The lowest BCUT2D eigenvalue weighted by Crippen LogP contribution is -2.49. The van der Waals surface area contributed by atoms with Gasteiger partial charge in [0.1, 0.15) is 16.1 Å². The summed E-state index contributed by atoms with van der Waals surface area (Å²) in [5.41, 5.74) is 1.72. The zero-order valence-corrected chi connectivity index (χ0v) is 22.8. The highest BCUT2D eigenvalue weighted by molar-refractivity contribution is 7.94. The van der Waals surface area contributed by atoms with Gasteiger partial charge >= 0.3 is 0 Å². The molecule has 8 nitrogen and oxygen atoms in total. The molecule has 1 aliphatic rings. The van der Waals surface area contributed by atoms with Gasteiger partial charge in [-0.25, -0.2) is 8.42 Å². The van der Waals surface area contributed by atoms with Gasteiger partial charge < -0.3 is 14.7 Å². The Morgan fingerprint density at radius 3 is 2.62 bits per heavy atom. The summed E-state index contributed by atoms with van der Waals surface area (Å²) in [6, 6.07) is 17.7. The van der Waals surface area contributed by atoms with Crippen molar-refractivity contribution in [2.75, 3.05) is 31.5 Å². The normalized spacial score (nSPS) is 19.1. The minimum atomic E-state index is -3.77. The number of sulfonamides is 1. The summed E-state index contributed by atoms with van der Waals surface area (Å²) in [6.45, 7) is 5.43. The number of anilines is 1. The van der Waals surface area contributed by atoms with E-state index in [-0.39, 0.29) is 40.0 Å². The number of ether oxygens (including phenoxy) is 1. The van der Waals surface area contributed by atoms with E-state index in [9.17, 15) is 18.3 Å². The number of hydrogen-bond donors (Lipinski definition) is 2. The third-order valence-corrected chi connectivity index (χ3v) is 9.24. The van der Waals surface area contributed by atoms with Crippen LogP contribution in [0, 0.1) is 5.92 Å². The molecule has 0 saturated carbocycles. The highest BCUT2D eigenvalue weighted by Gasteiger charge is 2.33. The summed E-state index contributed by atoms with van der Waals surface area (Å²) >= 11 is 1.12. The van der Waals surface area contributed by atoms with E-state index >= 15 is 0 Å². The van der Waals surface area contributed by atoms with Crippen LogP contribution >= 0.6 is 11.3 Å². The highest BCUT2D eigenvalue weighted by atomic mass is 32.2. The number of rotatable bonds is 9. The molecule has 2 aromatic carbocycles. The van der Waals surface area contributed by atoms with Gasteiger partial charge in [-0.2, -0.15) is 0 Å². The van der Waals surface area contributed by atoms with Gasteiger partial charge in [0, 0.05) is 31.2 Å². The molecule has 10 heteroatoms. The van der Waals surface area contributed by atoms with E-state index < -0.39 is 16.1 Å². The molecule has 2 N–H and O–H groups in total. The van der Waals surface area contributed by atoms with Crippen LogP contribution in [0.2, 0.25) is 0 Å². The number of fused-ring (bicyclic) bond motifs is 1. The molecule has 1 aliphatic heterocycles. The van der Waals surface area contributed by atoms with Crippen LogP contribution in [0.1, 0.15) is 29.8 Å². The molecular weight excluding hydrogens is 510 g/mol. The average molecular weight is 544 g/mol. The number of aliphatic hydroxyl groups excluding tert-OH is 1. The van der Waals surface area contributed by atoms with Crippen molar-refractivity contribution in [2.24, 2.45) is 5.92 Å². The largest absolute Gasteiger partial charge is 0.488 e. The summed E-state index contributed by atoms with van der Waals surface area (Å²) < 4.78 is 34.7. The fraction of sp³-hybridized carbons (Fsp3) is 0.370. The number of nitrogens with one attached hydrogen (secondary N) is 1. The minimum Gasteiger partial charge on any atom is -0.488 e. The second-order valence-electron chi connectivity index (χ2n) is 9.55. The van der Waals surface area contributed by atoms with Crippen molar-refractivity contribution in [1.29, 1.82) is 0 Å². The van der Waals surface area contributed by atoms with Crippen molar-refractivity contribution in [3.63, 3.8) is 0 Å². The summed E-state index contributed by atoms with van der Waals surface area (Å²) in [5.74, 6) is 0.0712. The van der Waals surface area contributed by atoms with Crippen LogP contribution in [0.5, 0.6) is 5.75 Å². The van der Waals surface area contributed by atoms with Crippen LogP contribution in [0.15, 0.2) is 70.3 Å². The molecule has 0 spiro atoms. The maximum atomic E-state index is 13.6. The van der Waals surface area contributed by atoms with Gasteiger partial charge in [0.15, 0.2) is 0 Å². The van der Waals surface area contributed by atoms with E-state index in [1.54, 1.807) is 35.4 Å². The molecule has 3 aromatic rings. The SMILES string of the molecule is C[C@@H]1CN([C@@H](C)CO)C(=O)c2cc(NS(=O)(=O)c3cccs3)ccc2O[C@@H]1CN(C)Cc1ccccc1. The van der Waals surface area contributed by atoms with Crippen LogP contribution < -0.4 is 9.46 Å². The van der Waals surface area contributed by atoms with Crippen LogP contribution in [0.3, 0.4) is 0 Å². The standard InChI is InChI=1S/C27H33N3O5S2/c1-19-15-30(20(2)18-31)27(32)23-14-22(28-37(33,34)26-10-7-13-36-26)11-12-24(23)35-25(19)17-29(3)16-21-8-5-4-6-9-21/h4-14,19-20,25,28,31H,15-18H2,1-3H3/t19-,20+,25-/m1/s1. The molecule has 4 rings (SSSR count). The Bertz CT molecular complexity index is 1300. The number of carbonyl (C=O) groups excluding carboxylic acids is 1. The molecule has 0 fully saturated rings. The molecule has 0 aliphatic carbocycles. The van der Waals surface area contributed by atoms with E-state index in [0.29, 0.717) is 18.8 Å². The fourth-order valence-corrected chi connectivity index (χ4v) is 6.43. The molecule has 0 radical (unpaired) electrons. The summed E-state index contributed by atoms with van der Waals surface area (Å²) in [4.78, 5) is 17.4. The fourth-order valence-electron chi connectivity index (χ4n) is 4.39. The van der Waals surface area contributed by atoms with Crippen molar-refractivity contribution in [2.45, 2.75) is 36.7 Å². The van der Waals surface area contributed by atoms with Gasteiger partial charge in [-0.15, -0.1) is 11.3 Å². The third kappa shape index (κ3) is 6.51. The summed E-state index contributed by atoms with van der Waals surface area (Å²) in [5, 5.41) is 11.6. The van der Waals surface area contributed by atoms with Gasteiger partial charge in [-0.3, -0.25) is 14.4 Å². The minimum absolute atomic E-state index is 0.0127. The number of likely N-dealkylation sites (N-methyl/N-ethyl adjacent to an activating group) is 1. The molecular formula is C27H33N3O5S2. The lowest BCUT2D eigenvalue weighted by Gasteiger charge is -2.38. The number of carbonyl (C=O) groups is 1. The first-order valence-electron chi connectivity index (χ1n) is 12.2. The van der Waals surface area contributed by atoms with E-state index in [4.69, 9.17) is 4.74 Å². The second-order valence-corrected chi connectivity index (χ2v) is 12.4. The Morgan fingerprint density at radius 1 is 1.19 bits per heavy atom. The lowest BCUT2D eigenvalue weighted by atomic mass is 9.99. The van der Waals surface area contributed by atoms with Crippen molar-refractivity contribution in [3.8, 4) is 5.75 Å². The highest BCUT2D eigenvalue weighted by Crippen LogP contribution is 2.32. The molecule has 37 heavy (non-hydrogen) atoms. The smallest absolute Gasteiger partial charge is 0.271 e. The Hall–Kier alpha value is -2.92. The molecule has 0 bridgehead atoms. The van der Waals surface area contributed by atoms with Gasteiger partial charge in [0.2, 0.25) is 0 Å². The number of aliphatic hydroxyl groups is 1. The zero-order chi connectivity index (χ0) is 26.6. The summed E-state index contributed by atoms with van der Waals surface area (Å²) in [6.07, 6.45) is -0.234. The van der Waals surface area contributed by atoms with Gasteiger partial charge in [-0.05, 0) is 49.2 Å². The van der Waals surface area contributed by atoms with E-state index in [1.807, 2.05) is 32.2 Å². The second kappa shape index (κ2) is 11.6. The molecule has 0 saturated heterocycles. The maximum absolute atomic E-state index is 13.6. The molecule has 1 aromatic heterocycles. The number of amides is 1. The average Bonchev–Trinajstić information content (AvgIpc) is 3.43.